The van der Waals surface area contributed by atoms with Crippen LogP contribution in [-0.2, 0) is 0 Å². The molecule has 1 heterocycles. The van der Waals surface area contributed by atoms with E-state index in [0.29, 0.717) is 16.7 Å². The number of hydrogen-bond acceptors (Lipinski definition) is 2. The first-order chi connectivity index (χ1) is 6.22. The van der Waals surface area contributed by atoms with Crippen molar-refractivity contribution in [2.24, 2.45) is 0 Å². The van der Waals surface area contributed by atoms with Crippen LogP contribution in [0.15, 0.2) is 12.1 Å². The molecular weight excluding hydrogens is 195 g/mol. The minimum absolute atomic E-state index is 0.204. The smallest absolute Gasteiger partial charge is 0.139 e. The molecule has 0 aliphatic rings. The molecule has 0 spiro atoms. The first kappa shape index (κ1) is 8.31. The minimum atomic E-state index is -0.437. The van der Waals surface area contributed by atoms with Crippen LogP contribution in [0.4, 0.5) is 4.39 Å². The maximum absolute atomic E-state index is 13.3. The van der Waals surface area contributed by atoms with Gasteiger partial charge < -0.3 is 4.74 Å². The van der Waals surface area contributed by atoms with Crippen molar-refractivity contribution >= 4 is 22.5 Å². The maximum atomic E-state index is 13.3. The molecule has 0 radical (unpaired) electrons. The van der Waals surface area contributed by atoms with Crippen molar-refractivity contribution in [3.05, 3.63) is 23.1 Å². The average molecular weight is 201 g/mol. The number of aromatic amines is 1. The highest BCUT2D eigenvalue weighted by Crippen LogP contribution is 2.27. The number of nitrogens with one attached hydrogen (secondary N) is 1. The molecule has 1 aromatic carbocycles. The van der Waals surface area contributed by atoms with Crippen molar-refractivity contribution in [2.75, 3.05) is 7.11 Å². The molecule has 5 heteroatoms. The number of rotatable bonds is 1. The van der Waals surface area contributed by atoms with Crippen LogP contribution in [0.3, 0.4) is 0 Å². The van der Waals surface area contributed by atoms with Gasteiger partial charge >= 0.3 is 0 Å². The number of methoxy groups -OCH3 is 1. The number of ether oxygens (including phenoxy) is 1. The standard InChI is InChI=1S/C8H6ClFN2O/c1-13-4-2-5(10)7-6(3-4)11-12-8(7)9/h2-3H,1H3,(H,11,12). The fourth-order valence-electron chi connectivity index (χ4n) is 1.16. The molecule has 0 saturated heterocycles. The average Bonchev–Trinajstić information content (AvgIpc) is 2.48. The number of nitrogens with zero attached hydrogens (tertiary/aromatic N) is 1. The van der Waals surface area contributed by atoms with Crippen LogP contribution in [0.1, 0.15) is 0 Å². The van der Waals surface area contributed by atoms with Crippen LogP contribution in [0, 0.1) is 5.82 Å². The molecule has 0 aliphatic carbocycles. The summed E-state index contributed by atoms with van der Waals surface area (Å²) in [6, 6.07) is 2.88. The van der Waals surface area contributed by atoms with Gasteiger partial charge in [0.25, 0.3) is 0 Å². The molecule has 13 heavy (non-hydrogen) atoms. The minimum Gasteiger partial charge on any atom is -0.497 e. The summed E-state index contributed by atoms with van der Waals surface area (Å²) < 4.78 is 18.2. The normalized spacial score (nSPS) is 10.7. The Hall–Kier alpha value is -1.29. The highest BCUT2D eigenvalue weighted by atomic mass is 35.5. The topological polar surface area (TPSA) is 37.9 Å². The molecule has 0 unspecified atom stereocenters. The summed E-state index contributed by atoms with van der Waals surface area (Å²) >= 11 is 5.67. The van der Waals surface area contributed by atoms with Crippen LogP contribution < -0.4 is 4.74 Å². The van der Waals surface area contributed by atoms with Gasteiger partial charge in [0.1, 0.15) is 22.2 Å². The van der Waals surface area contributed by atoms with Gasteiger partial charge in [0.15, 0.2) is 0 Å². The Kier molecular flexibility index (Phi) is 1.84. The first-order valence-corrected chi connectivity index (χ1v) is 3.97. The van der Waals surface area contributed by atoms with Crippen molar-refractivity contribution in [1.82, 2.24) is 10.2 Å². The third kappa shape index (κ3) is 1.23. The van der Waals surface area contributed by atoms with E-state index in [4.69, 9.17) is 16.3 Å². The summed E-state index contributed by atoms with van der Waals surface area (Å²) in [5.41, 5.74) is 0.460. The molecule has 68 valence electrons. The third-order valence-electron chi connectivity index (χ3n) is 1.77. The van der Waals surface area contributed by atoms with E-state index in [-0.39, 0.29) is 5.15 Å². The van der Waals surface area contributed by atoms with Crippen molar-refractivity contribution in [2.45, 2.75) is 0 Å². The van der Waals surface area contributed by atoms with Gasteiger partial charge in [0.2, 0.25) is 0 Å². The Morgan fingerprint density at radius 2 is 2.31 bits per heavy atom. The van der Waals surface area contributed by atoms with Crippen LogP contribution in [-0.4, -0.2) is 17.3 Å². The molecule has 0 amide bonds. The lowest BCUT2D eigenvalue weighted by molar-refractivity contribution is 0.412. The maximum Gasteiger partial charge on any atom is 0.139 e. The second kappa shape index (κ2) is 2.88. The van der Waals surface area contributed by atoms with E-state index in [2.05, 4.69) is 10.2 Å². The fourth-order valence-corrected chi connectivity index (χ4v) is 1.39. The van der Waals surface area contributed by atoms with Crippen molar-refractivity contribution < 1.29 is 9.13 Å². The third-order valence-corrected chi connectivity index (χ3v) is 2.05. The Morgan fingerprint density at radius 1 is 1.54 bits per heavy atom. The zero-order valence-electron chi connectivity index (χ0n) is 6.77. The lowest BCUT2D eigenvalue weighted by Gasteiger charge is -1.99. The van der Waals surface area contributed by atoms with Crippen molar-refractivity contribution in [3.8, 4) is 5.75 Å². The Balaban J connectivity index is 2.79. The quantitative estimate of drug-likeness (QED) is 0.768. The number of hydrogen-bond donors (Lipinski definition) is 1. The van der Waals surface area contributed by atoms with Gasteiger partial charge in [-0.15, -0.1) is 0 Å². The second-order valence-electron chi connectivity index (χ2n) is 2.54. The molecule has 0 fully saturated rings. The summed E-state index contributed by atoms with van der Waals surface area (Å²) in [5.74, 6) is -0.0127. The van der Waals surface area contributed by atoms with E-state index in [1.165, 1.54) is 13.2 Å². The van der Waals surface area contributed by atoms with Crippen LogP contribution >= 0.6 is 11.6 Å². The Labute approximate surface area is 78.5 Å². The number of benzene rings is 1. The summed E-state index contributed by atoms with van der Waals surface area (Å²) in [6.07, 6.45) is 0. The van der Waals surface area contributed by atoms with E-state index < -0.39 is 5.82 Å². The van der Waals surface area contributed by atoms with Gasteiger partial charge in [-0.2, -0.15) is 5.10 Å². The largest absolute Gasteiger partial charge is 0.497 e. The zero-order valence-corrected chi connectivity index (χ0v) is 7.52. The van der Waals surface area contributed by atoms with E-state index in [9.17, 15) is 4.39 Å². The summed E-state index contributed by atoms with van der Waals surface area (Å²) in [5, 5.41) is 6.80. The van der Waals surface area contributed by atoms with E-state index in [1.807, 2.05) is 0 Å². The zero-order chi connectivity index (χ0) is 9.42. The Morgan fingerprint density at radius 3 is 3.00 bits per heavy atom. The lowest BCUT2D eigenvalue weighted by Crippen LogP contribution is -1.84. The van der Waals surface area contributed by atoms with Gasteiger partial charge in [-0.25, -0.2) is 4.39 Å². The molecule has 1 aromatic heterocycles. The van der Waals surface area contributed by atoms with Crippen molar-refractivity contribution in [1.29, 1.82) is 0 Å². The van der Waals surface area contributed by atoms with Gasteiger partial charge in [0, 0.05) is 12.1 Å². The summed E-state index contributed by atoms with van der Waals surface area (Å²) in [7, 11) is 1.47. The fraction of sp³-hybridized carbons (Fsp3) is 0.125. The van der Waals surface area contributed by atoms with E-state index >= 15 is 0 Å². The molecule has 1 N–H and O–H groups in total. The van der Waals surface area contributed by atoms with Crippen LogP contribution in [0.2, 0.25) is 5.15 Å². The first-order valence-electron chi connectivity index (χ1n) is 3.59. The predicted octanol–water partition coefficient (Wildman–Crippen LogP) is 2.36. The van der Waals surface area contributed by atoms with Crippen molar-refractivity contribution in [3.63, 3.8) is 0 Å². The molecule has 0 bridgehead atoms. The van der Waals surface area contributed by atoms with Crippen LogP contribution in [0.5, 0.6) is 5.75 Å². The summed E-state index contributed by atoms with van der Waals surface area (Å²) in [4.78, 5) is 0. The van der Waals surface area contributed by atoms with Gasteiger partial charge in [-0.05, 0) is 0 Å². The SMILES string of the molecule is COc1cc(F)c2c(Cl)[nH]nc2c1. The van der Waals surface area contributed by atoms with E-state index in [0.717, 1.165) is 0 Å². The van der Waals surface area contributed by atoms with E-state index in [1.54, 1.807) is 6.07 Å². The highest BCUT2D eigenvalue weighted by molar-refractivity contribution is 6.34. The lowest BCUT2D eigenvalue weighted by atomic mass is 10.2. The molecule has 0 saturated carbocycles. The molecule has 2 aromatic rings. The molecule has 0 aliphatic heterocycles. The molecular formula is C8H6ClFN2O. The van der Waals surface area contributed by atoms with Gasteiger partial charge in [0.05, 0.1) is 12.5 Å². The number of halogens is 2. The van der Waals surface area contributed by atoms with Gasteiger partial charge in [-0.1, -0.05) is 11.6 Å². The van der Waals surface area contributed by atoms with Crippen LogP contribution in [0.25, 0.3) is 10.9 Å². The second-order valence-corrected chi connectivity index (χ2v) is 2.92. The van der Waals surface area contributed by atoms with Gasteiger partial charge in [-0.3, -0.25) is 5.10 Å². The predicted molar refractivity (Wildman–Crippen MR) is 47.6 cm³/mol. The molecule has 0 atom stereocenters. The number of aromatic nitrogens is 2. The molecule has 3 nitrogen and oxygen atoms in total. The highest BCUT2D eigenvalue weighted by Gasteiger charge is 2.10. The number of H-pyrrole nitrogens is 1. The monoisotopic (exact) mass is 200 g/mol. The summed E-state index contributed by atoms with van der Waals surface area (Å²) in [6.45, 7) is 0. The number of fused-ring (bicyclic) bond motifs is 1. The molecule has 2 rings (SSSR count). The Bertz CT molecular complexity index is 455.